The zero-order chi connectivity index (χ0) is 24.2. The van der Waals surface area contributed by atoms with Crippen molar-refractivity contribution >= 4 is 29.2 Å². The Morgan fingerprint density at radius 3 is 2.12 bits per heavy atom. The van der Waals surface area contributed by atoms with Gasteiger partial charge in [0.2, 0.25) is 5.78 Å². The van der Waals surface area contributed by atoms with E-state index in [1.165, 1.54) is 0 Å². The first kappa shape index (κ1) is 24.9. The number of carbonyl (C=O) groups excluding carboxylic acids is 2. The van der Waals surface area contributed by atoms with Gasteiger partial charge in [-0.1, -0.05) is 61.3 Å². The molecular formula is C28H26N2O3S. The highest BCUT2D eigenvalue weighted by Crippen LogP contribution is 2.28. The summed E-state index contributed by atoms with van der Waals surface area (Å²) >= 11 is 1.55. The van der Waals surface area contributed by atoms with Gasteiger partial charge in [0.1, 0.15) is 5.71 Å². The van der Waals surface area contributed by atoms with Crippen LogP contribution >= 0.6 is 11.8 Å². The fourth-order valence-electron chi connectivity index (χ4n) is 3.22. The molecule has 0 heterocycles. The van der Waals surface area contributed by atoms with Gasteiger partial charge in [-0.3, -0.25) is 4.79 Å². The van der Waals surface area contributed by atoms with Crippen molar-refractivity contribution in [2.75, 3.05) is 0 Å². The molecule has 0 aromatic heterocycles. The Balaban J connectivity index is 1.70. The van der Waals surface area contributed by atoms with E-state index in [1.54, 1.807) is 60.3 Å². The highest BCUT2D eigenvalue weighted by Gasteiger charge is 2.17. The summed E-state index contributed by atoms with van der Waals surface area (Å²) in [5.41, 5.74) is 1.74. The molecule has 0 aliphatic carbocycles. The predicted molar refractivity (Wildman–Crippen MR) is 134 cm³/mol. The van der Waals surface area contributed by atoms with Crippen LogP contribution in [0.5, 0.6) is 0 Å². The smallest absolute Gasteiger partial charge is 0.312 e. The van der Waals surface area contributed by atoms with Gasteiger partial charge in [-0.2, -0.15) is 5.26 Å². The Morgan fingerprint density at radius 1 is 0.853 bits per heavy atom. The molecular weight excluding hydrogens is 444 g/mol. The molecule has 0 aliphatic heterocycles. The maximum absolute atomic E-state index is 13.1. The van der Waals surface area contributed by atoms with Crippen LogP contribution < -0.4 is 0 Å². The first-order chi connectivity index (χ1) is 16.6. The topological polar surface area (TPSA) is 79.5 Å². The van der Waals surface area contributed by atoms with Crippen LogP contribution in [0.25, 0.3) is 0 Å². The number of ketones is 1. The predicted octanol–water partition coefficient (Wildman–Crippen LogP) is 7.08. The Kier molecular flexibility index (Phi) is 9.63. The lowest BCUT2D eigenvalue weighted by molar-refractivity contribution is 0.0514. The number of rotatable bonds is 11. The Labute approximate surface area is 204 Å². The van der Waals surface area contributed by atoms with Crippen molar-refractivity contribution in [3.05, 3.63) is 95.6 Å². The van der Waals surface area contributed by atoms with Gasteiger partial charge < -0.3 is 4.84 Å². The van der Waals surface area contributed by atoms with Crippen LogP contribution in [0.2, 0.25) is 0 Å². The third-order valence-corrected chi connectivity index (χ3v) is 6.13. The summed E-state index contributed by atoms with van der Waals surface area (Å²) in [7, 11) is 0. The summed E-state index contributed by atoms with van der Waals surface area (Å²) in [4.78, 5) is 32.5. The maximum atomic E-state index is 13.1. The number of nitriles is 1. The van der Waals surface area contributed by atoms with E-state index in [0.29, 0.717) is 23.1 Å². The van der Waals surface area contributed by atoms with E-state index in [1.807, 2.05) is 30.3 Å². The molecule has 0 atom stereocenters. The van der Waals surface area contributed by atoms with E-state index in [4.69, 9.17) is 10.1 Å². The van der Waals surface area contributed by atoms with E-state index in [0.717, 1.165) is 35.5 Å². The van der Waals surface area contributed by atoms with Crippen LogP contribution in [-0.2, 0) is 4.84 Å². The summed E-state index contributed by atoms with van der Waals surface area (Å²) in [6, 6.07) is 25.3. The SMILES string of the molecule is CCCCCC/C(=N\OC(=O)c1ccccc1)C(=O)c1ccc(Sc2ccc(C#N)cc2)cc1. The highest BCUT2D eigenvalue weighted by molar-refractivity contribution is 7.99. The van der Waals surface area contributed by atoms with E-state index in [9.17, 15) is 9.59 Å². The fourth-order valence-corrected chi connectivity index (χ4v) is 4.03. The summed E-state index contributed by atoms with van der Waals surface area (Å²) in [6.07, 6.45) is 4.39. The number of hydrogen-bond acceptors (Lipinski definition) is 6. The molecule has 3 aromatic carbocycles. The van der Waals surface area contributed by atoms with Gasteiger partial charge in [0.25, 0.3) is 0 Å². The maximum Gasteiger partial charge on any atom is 0.365 e. The summed E-state index contributed by atoms with van der Waals surface area (Å²) in [6.45, 7) is 2.12. The van der Waals surface area contributed by atoms with Gasteiger partial charge >= 0.3 is 5.97 Å². The summed E-state index contributed by atoms with van der Waals surface area (Å²) in [5.74, 6) is -0.832. The number of carbonyl (C=O) groups is 2. The van der Waals surface area contributed by atoms with Gasteiger partial charge in [0.15, 0.2) is 0 Å². The normalized spacial score (nSPS) is 11.0. The molecule has 172 valence electrons. The van der Waals surface area contributed by atoms with Gasteiger partial charge in [0, 0.05) is 15.4 Å². The minimum atomic E-state index is -0.589. The monoisotopic (exact) mass is 470 g/mol. The number of oxime groups is 1. The van der Waals surface area contributed by atoms with Crippen molar-refractivity contribution < 1.29 is 14.4 Å². The molecule has 5 nitrogen and oxygen atoms in total. The van der Waals surface area contributed by atoms with Crippen molar-refractivity contribution in [3.63, 3.8) is 0 Å². The molecule has 0 fully saturated rings. The second-order valence-electron chi connectivity index (χ2n) is 7.69. The molecule has 0 radical (unpaired) electrons. The average molecular weight is 471 g/mol. The Morgan fingerprint density at radius 2 is 1.50 bits per heavy atom. The second-order valence-corrected chi connectivity index (χ2v) is 8.83. The standard InChI is InChI=1S/C28H26N2O3S/c1-2-3-4-8-11-26(30-33-28(32)23-9-6-5-7-10-23)27(31)22-14-18-25(19-15-22)34-24-16-12-21(20-29)13-17-24/h5-7,9-10,12-19H,2-4,8,11H2,1H3/b30-26+. The first-order valence-electron chi connectivity index (χ1n) is 11.3. The van der Waals surface area contributed by atoms with Crippen molar-refractivity contribution in [2.24, 2.45) is 5.16 Å². The minimum Gasteiger partial charge on any atom is -0.312 e. The number of benzene rings is 3. The first-order valence-corrected chi connectivity index (χ1v) is 12.1. The van der Waals surface area contributed by atoms with E-state index < -0.39 is 5.97 Å². The molecule has 0 unspecified atom stereocenters. The van der Waals surface area contributed by atoms with Gasteiger partial charge in [-0.15, -0.1) is 0 Å². The molecule has 6 heteroatoms. The molecule has 0 N–H and O–H groups in total. The molecule has 0 bridgehead atoms. The third kappa shape index (κ3) is 7.43. The van der Waals surface area contributed by atoms with Crippen LogP contribution in [0, 0.1) is 11.3 Å². The van der Waals surface area contributed by atoms with Crippen LogP contribution in [0.3, 0.4) is 0 Å². The zero-order valence-corrected chi connectivity index (χ0v) is 19.9. The van der Waals surface area contributed by atoms with Crippen molar-refractivity contribution in [2.45, 2.75) is 48.8 Å². The molecule has 0 saturated heterocycles. The van der Waals surface area contributed by atoms with E-state index in [2.05, 4.69) is 18.1 Å². The zero-order valence-electron chi connectivity index (χ0n) is 19.1. The largest absolute Gasteiger partial charge is 0.365 e. The molecule has 34 heavy (non-hydrogen) atoms. The van der Waals surface area contributed by atoms with E-state index in [-0.39, 0.29) is 11.5 Å². The molecule has 3 aromatic rings. The quantitative estimate of drug-likeness (QED) is 0.0984. The van der Waals surface area contributed by atoms with Crippen LogP contribution in [0.4, 0.5) is 0 Å². The lowest BCUT2D eigenvalue weighted by Crippen LogP contribution is -2.16. The number of Topliss-reactive ketones (excluding diaryl/α,β-unsaturated/α-hetero) is 1. The fraction of sp³-hybridized carbons (Fsp3) is 0.214. The lowest BCUT2D eigenvalue weighted by Gasteiger charge is -2.07. The van der Waals surface area contributed by atoms with Crippen LogP contribution in [0.15, 0.2) is 93.8 Å². The number of nitrogens with zero attached hydrogens (tertiary/aromatic N) is 2. The minimum absolute atomic E-state index is 0.243. The highest BCUT2D eigenvalue weighted by atomic mass is 32.2. The van der Waals surface area contributed by atoms with Crippen LogP contribution in [0.1, 0.15) is 65.3 Å². The summed E-state index contributed by atoms with van der Waals surface area (Å²) < 4.78 is 0. The second kappa shape index (κ2) is 13.1. The Bertz CT molecular complexity index is 1170. The van der Waals surface area contributed by atoms with Gasteiger partial charge in [-0.05, 0) is 73.5 Å². The average Bonchev–Trinajstić information content (AvgIpc) is 2.89. The van der Waals surface area contributed by atoms with E-state index >= 15 is 0 Å². The molecule has 3 rings (SSSR count). The molecule has 0 amide bonds. The lowest BCUT2D eigenvalue weighted by atomic mass is 10.0. The Hall–Kier alpha value is -3.69. The summed E-state index contributed by atoms with van der Waals surface area (Å²) in [5, 5.41) is 12.9. The third-order valence-electron chi connectivity index (χ3n) is 5.11. The van der Waals surface area contributed by atoms with Gasteiger partial charge in [-0.25, -0.2) is 4.79 Å². The molecule has 0 spiro atoms. The van der Waals surface area contributed by atoms with Gasteiger partial charge in [0.05, 0.1) is 17.2 Å². The molecule has 0 saturated carbocycles. The van der Waals surface area contributed by atoms with Crippen molar-refractivity contribution in [1.29, 1.82) is 5.26 Å². The molecule has 0 aliphatic rings. The van der Waals surface area contributed by atoms with Crippen molar-refractivity contribution in [3.8, 4) is 6.07 Å². The number of hydrogen-bond donors (Lipinski definition) is 0. The number of unbranched alkanes of at least 4 members (excludes halogenated alkanes) is 3. The van der Waals surface area contributed by atoms with Crippen LogP contribution in [-0.4, -0.2) is 17.5 Å². The van der Waals surface area contributed by atoms with Crippen molar-refractivity contribution in [1.82, 2.24) is 0 Å².